The summed E-state index contributed by atoms with van der Waals surface area (Å²) >= 11 is 0. The van der Waals surface area contributed by atoms with Crippen molar-refractivity contribution in [1.82, 2.24) is 4.90 Å². The van der Waals surface area contributed by atoms with Gasteiger partial charge < -0.3 is 10.6 Å². The van der Waals surface area contributed by atoms with Crippen molar-refractivity contribution in [2.45, 2.75) is 25.8 Å². The topological polar surface area (TPSA) is 80.5 Å². The number of hydrogen-bond acceptors (Lipinski definition) is 4. The highest BCUT2D eigenvalue weighted by Crippen LogP contribution is 2.00. The number of nitrogens with zero attached hydrogens (tertiary/aromatic N) is 1. The van der Waals surface area contributed by atoms with Gasteiger partial charge in [-0.1, -0.05) is 6.92 Å². The summed E-state index contributed by atoms with van der Waals surface area (Å²) in [5.41, 5.74) is 5.55. The number of rotatable bonds is 6. The smallest absolute Gasteiger partial charge is 0.223 e. The Morgan fingerprint density at radius 1 is 1.40 bits per heavy atom. The predicted octanol–water partition coefficient (Wildman–Crippen LogP) is -0.383. The predicted molar refractivity (Wildman–Crippen MR) is 60.2 cm³/mol. The Kier molecular flexibility index (Phi) is 5.82. The third-order valence-corrected chi connectivity index (χ3v) is 3.88. The summed E-state index contributed by atoms with van der Waals surface area (Å²) in [6.45, 7) is 1.84. The molecule has 0 rings (SSSR count). The first-order chi connectivity index (χ1) is 6.78. The summed E-state index contributed by atoms with van der Waals surface area (Å²) in [6, 6.07) is -0.329. The van der Waals surface area contributed by atoms with Gasteiger partial charge in [-0.25, -0.2) is 8.42 Å². The molecule has 0 heterocycles. The molecule has 1 atom stereocenters. The highest BCUT2D eigenvalue weighted by Gasteiger charge is 2.17. The van der Waals surface area contributed by atoms with Crippen LogP contribution in [-0.2, 0) is 14.6 Å². The standard InChI is InChI=1S/C9H20N2O3S/c1-4-8(10)7-15(13,14)6-5-9(12)11(2)3/h8H,4-7,10H2,1-3H3. The monoisotopic (exact) mass is 236 g/mol. The largest absolute Gasteiger partial charge is 0.349 e. The van der Waals surface area contributed by atoms with Gasteiger partial charge in [0.1, 0.15) is 0 Å². The molecule has 0 aliphatic heterocycles. The van der Waals surface area contributed by atoms with Crippen molar-refractivity contribution >= 4 is 15.7 Å². The molecule has 5 nitrogen and oxygen atoms in total. The molecule has 1 unspecified atom stereocenters. The van der Waals surface area contributed by atoms with E-state index >= 15 is 0 Å². The van der Waals surface area contributed by atoms with Gasteiger partial charge in [-0.15, -0.1) is 0 Å². The first kappa shape index (κ1) is 14.4. The minimum Gasteiger partial charge on any atom is -0.349 e. The molecule has 0 aromatic heterocycles. The van der Waals surface area contributed by atoms with E-state index in [1.165, 1.54) is 4.90 Å². The maximum atomic E-state index is 11.5. The molecule has 0 aromatic rings. The zero-order valence-electron chi connectivity index (χ0n) is 9.56. The van der Waals surface area contributed by atoms with Crippen molar-refractivity contribution in [3.05, 3.63) is 0 Å². The first-order valence-corrected chi connectivity index (χ1v) is 6.76. The van der Waals surface area contributed by atoms with Gasteiger partial charge in [0.05, 0.1) is 11.5 Å². The molecule has 0 bridgehead atoms. The van der Waals surface area contributed by atoms with Crippen LogP contribution in [0.1, 0.15) is 19.8 Å². The molecular weight excluding hydrogens is 216 g/mol. The maximum Gasteiger partial charge on any atom is 0.223 e. The summed E-state index contributed by atoms with van der Waals surface area (Å²) < 4.78 is 23.0. The van der Waals surface area contributed by atoms with Crippen LogP contribution < -0.4 is 5.73 Å². The Labute approximate surface area is 91.5 Å². The van der Waals surface area contributed by atoms with E-state index in [1.54, 1.807) is 14.1 Å². The molecule has 0 aliphatic carbocycles. The second-order valence-corrected chi connectivity index (χ2v) is 6.05. The van der Waals surface area contributed by atoms with Gasteiger partial charge in [0.15, 0.2) is 9.84 Å². The van der Waals surface area contributed by atoms with Gasteiger partial charge in [0, 0.05) is 26.6 Å². The number of nitrogens with two attached hydrogens (primary N) is 1. The highest BCUT2D eigenvalue weighted by atomic mass is 32.2. The molecule has 0 radical (unpaired) electrons. The molecule has 0 fully saturated rings. The fourth-order valence-electron chi connectivity index (χ4n) is 0.994. The van der Waals surface area contributed by atoms with Crippen molar-refractivity contribution < 1.29 is 13.2 Å². The molecule has 0 saturated heterocycles. The fourth-order valence-corrected chi connectivity index (χ4v) is 2.53. The van der Waals surface area contributed by atoms with E-state index in [0.717, 1.165) is 0 Å². The van der Waals surface area contributed by atoms with E-state index in [2.05, 4.69) is 0 Å². The molecule has 1 amide bonds. The zero-order valence-corrected chi connectivity index (χ0v) is 10.4. The zero-order chi connectivity index (χ0) is 12.1. The van der Waals surface area contributed by atoms with E-state index in [1.807, 2.05) is 6.92 Å². The molecule has 90 valence electrons. The van der Waals surface area contributed by atoms with Crippen LogP contribution >= 0.6 is 0 Å². The normalized spacial score (nSPS) is 13.6. The molecule has 0 aromatic carbocycles. The quantitative estimate of drug-likeness (QED) is 0.681. The van der Waals surface area contributed by atoms with Gasteiger partial charge >= 0.3 is 0 Å². The summed E-state index contributed by atoms with van der Waals surface area (Å²) in [6.07, 6.45) is 0.659. The summed E-state index contributed by atoms with van der Waals surface area (Å²) in [5.74, 6) is -0.328. The molecular formula is C9H20N2O3S. The van der Waals surface area contributed by atoms with E-state index in [0.29, 0.717) is 6.42 Å². The Hall–Kier alpha value is -0.620. The van der Waals surface area contributed by atoms with Crippen LogP contribution in [0, 0.1) is 0 Å². The average Bonchev–Trinajstić information content (AvgIpc) is 2.13. The summed E-state index contributed by atoms with van der Waals surface area (Å²) in [5, 5.41) is 0. The van der Waals surface area contributed by atoms with Crippen molar-refractivity contribution in [2.75, 3.05) is 25.6 Å². The lowest BCUT2D eigenvalue weighted by atomic mass is 10.3. The van der Waals surface area contributed by atoms with E-state index in [9.17, 15) is 13.2 Å². The number of carbonyl (C=O) groups is 1. The fraction of sp³-hybridized carbons (Fsp3) is 0.889. The number of sulfone groups is 1. The van der Waals surface area contributed by atoms with Crippen molar-refractivity contribution in [2.24, 2.45) is 5.73 Å². The van der Waals surface area contributed by atoms with Crippen molar-refractivity contribution in [3.8, 4) is 0 Å². The average molecular weight is 236 g/mol. The van der Waals surface area contributed by atoms with Gasteiger partial charge in [-0.05, 0) is 6.42 Å². The number of hydrogen-bond donors (Lipinski definition) is 1. The molecule has 0 aliphatic rings. The van der Waals surface area contributed by atoms with Crippen molar-refractivity contribution in [1.29, 1.82) is 0 Å². The van der Waals surface area contributed by atoms with Crippen molar-refractivity contribution in [3.63, 3.8) is 0 Å². The third-order valence-electron chi connectivity index (χ3n) is 2.12. The summed E-state index contributed by atoms with van der Waals surface area (Å²) in [4.78, 5) is 12.6. The number of carbonyl (C=O) groups excluding carboxylic acids is 1. The van der Waals surface area contributed by atoms with Crippen LogP contribution in [0.3, 0.4) is 0 Å². The van der Waals surface area contributed by atoms with Crippen LogP contribution in [0.4, 0.5) is 0 Å². The molecule has 2 N–H and O–H groups in total. The minimum atomic E-state index is -3.19. The van der Waals surface area contributed by atoms with Crippen LogP contribution in [-0.4, -0.2) is 50.9 Å². The molecule has 6 heteroatoms. The van der Waals surface area contributed by atoms with Crippen LogP contribution in [0.15, 0.2) is 0 Å². The lowest BCUT2D eigenvalue weighted by molar-refractivity contribution is -0.128. The Morgan fingerprint density at radius 3 is 2.33 bits per heavy atom. The SMILES string of the molecule is CCC(N)CS(=O)(=O)CCC(=O)N(C)C. The highest BCUT2D eigenvalue weighted by molar-refractivity contribution is 7.91. The molecule has 0 spiro atoms. The van der Waals surface area contributed by atoms with Gasteiger partial charge in [-0.2, -0.15) is 0 Å². The van der Waals surface area contributed by atoms with Gasteiger partial charge in [0.25, 0.3) is 0 Å². The van der Waals surface area contributed by atoms with Gasteiger partial charge in [0.2, 0.25) is 5.91 Å². The molecule has 15 heavy (non-hydrogen) atoms. The minimum absolute atomic E-state index is 0.0335. The lowest BCUT2D eigenvalue weighted by Gasteiger charge is -2.12. The first-order valence-electron chi connectivity index (χ1n) is 4.94. The Morgan fingerprint density at radius 2 is 1.93 bits per heavy atom. The molecule has 0 saturated carbocycles. The van der Waals surface area contributed by atoms with E-state index < -0.39 is 9.84 Å². The number of amides is 1. The van der Waals surface area contributed by atoms with Gasteiger partial charge in [-0.3, -0.25) is 4.79 Å². The maximum absolute atomic E-state index is 11.5. The van der Waals surface area contributed by atoms with Crippen LogP contribution in [0.5, 0.6) is 0 Å². The lowest BCUT2D eigenvalue weighted by Crippen LogP contribution is -2.31. The van der Waals surface area contributed by atoms with Crippen LogP contribution in [0.2, 0.25) is 0 Å². The Bertz CT molecular complexity index is 298. The second kappa shape index (κ2) is 6.07. The second-order valence-electron chi connectivity index (χ2n) is 3.82. The van der Waals surface area contributed by atoms with E-state index in [4.69, 9.17) is 5.73 Å². The summed E-state index contributed by atoms with van der Waals surface area (Å²) in [7, 11) is 0.0138. The third kappa shape index (κ3) is 6.46. The van der Waals surface area contributed by atoms with Crippen LogP contribution in [0.25, 0.3) is 0 Å². The Balaban J connectivity index is 4.11. The van der Waals surface area contributed by atoms with E-state index in [-0.39, 0.29) is 29.9 Å².